The van der Waals surface area contributed by atoms with Crippen LogP contribution >= 0.6 is 0 Å². The summed E-state index contributed by atoms with van der Waals surface area (Å²) in [6, 6.07) is 3.77. The average molecular weight is 422 g/mol. The number of carboxylic acids is 2. The molecular formula is C18H18N2O10. The van der Waals surface area contributed by atoms with Crippen molar-refractivity contribution in [3.63, 3.8) is 0 Å². The third-order valence-electron chi connectivity index (χ3n) is 3.14. The second-order valence-corrected chi connectivity index (χ2v) is 5.34. The summed E-state index contributed by atoms with van der Waals surface area (Å²) in [6.07, 6.45) is 0. The number of aromatic amines is 2. The molecule has 0 radical (unpaired) electrons. The van der Waals surface area contributed by atoms with Gasteiger partial charge in [-0.3, -0.25) is 9.59 Å². The molecular weight excluding hydrogens is 404 g/mol. The minimum absolute atomic E-state index is 0.0672. The van der Waals surface area contributed by atoms with E-state index in [0.717, 1.165) is 24.3 Å². The SMILES string of the molecule is CCOC(=O)c1cc(=O)cc(C(=O)OCC)[nH]1.O=C(O)c1cc(=O)cc(C(=O)O)[nH]1. The van der Waals surface area contributed by atoms with Crippen LogP contribution in [-0.4, -0.2) is 57.3 Å². The number of carbonyl (C=O) groups excluding carboxylic acids is 2. The summed E-state index contributed by atoms with van der Waals surface area (Å²) < 4.78 is 9.43. The van der Waals surface area contributed by atoms with Crippen molar-refractivity contribution in [3.05, 3.63) is 67.5 Å². The highest BCUT2D eigenvalue weighted by molar-refractivity contribution is 5.91. The highest BCUT2D eigenvalue weighted by Crippen LogP contribution is 2.00. The number of aromatic nitrogens is 2. The Morgan fingerprint density at radius 2 is 1.00 bits per heavy atom. The molecule has 0 aliphatic heterocycles. The Bertz CT molecular complexity index is 993. The van der Waals surface area contributed by atoms with Crippen LogP contribution in [0, 0.1) is 0 Å². The van der Waals surface area contributed by atoms with E-state index in [4.69, 9.17) is 19.7 Å². The molecule has 0 aromatic carbocycles. The third kappa shape index (κ3) is 7.07. The van der Waals surface area contributed by atoms with Gasteiger partial charge in [0.2, 0.25) is 0 Å². The molecule has 0 atom stereocenters. The van der Waals surface area contributed by atoms with E-state index in [1.54, 1.807) is 13.8 Å². The van der Waals surface area contributed by atoms with Crippen molar-refractivity contribution in [1.82, 2.24) is 9.97 Å². The number of nitrogens with one attached hydrogen (secondary N) is 2. The van der Waals surface area contributed by atoms with Gasteiger partial charge in [-0.15, -0.1) is 0 Å². The summed E-state index contributed by atoms with van der Waals surface area (Å²) in [5.41, 5.74) is -2.14. The van der Waals surface area contributed by atoms with Gasteiger partial charge in [-0.05, 0) is 13.8 Å². The lowest BCUT2D eigenvalue weighted by Gasteiger charge is -2.05. The normalized spacial score (nSPS) is 9.67. The number of H-pyrrole nitrogens is 2. The predicted molar refractivity (Wildman–Crippen MR) is 100.0 cm³/mol. The fourth-order valence-electron chi connectivity index (χ4n) is 1.95. The number of carbonyl (C=O) groups is 4. The monoisotopic (exact) mass is 422 g/mol. The molecule has 2 aromatic heterocycles. The molecule has 2 aromatic rings. The maximum Gasteiger partial charge on any atom is 0.354 e. The van der Waals surface area contributed by atoms with Gasteiger partial charge < -0.3 is 29.7 Å². The van der Waals surface area contributed by atoms with E-state index in [0.29, 0.717) is 0 Å². The molecule has 0 spiro atoms. The Hall–Kier alpha value is -4.22. The minimum atomic E-state index is -1.37. The lowest BCUT2D eigenvalue weighted by Crippen LogP contribution is -2.17. The first-order chi connectivity index (χ1) is 14.1. The second-order valence-electron chi connectivity index (χ2n) is 5.34. The van der Waals surface area contributed by atoms with E-state index < -0.39 is 46.1 Å². The lowest BCUT2D eigenvalue weighted by atomic mass is 10.3. The van der Waals surface area contributed by atoms with E-state index in [-0.39, 0.29) is 24.6 Å². The van der Waals surface area contributed by atoms with Crippen LogP contribution in [0.2, 0.25) is 0 Å². The number of carboxylic acid groups (broad SMARTS) is 2. The van der Waals surface area contributed by atoms with E-state index in [1.165, 1.54) is 0 Å². The van der Waals surface area contributed by atoms with Crippen molar-refractivity contribution in [2.24, 2.45) is 0 Å². The maximum atomic E-state index is 11.4. The fourth-order valence-corrected chi connectivity index (χ4v) is 1.95. The number of esters is 2. The number of ether oxygens (including phenoxy) is 2. The Morgan fingerprint density at radius 1 is 0.700 bits per heavy atom. The Balaban J connectivity index is 0.000000311. The van der Waals surface area contributed by atoms with Crippen molar-refractivity contribution in [2.75, 3.05) is 13.2 Å². The molecule has 2 rings (SSSR count). The summed E-state index contributed by atoms with van der Waals surface area (Å²) in [5, 5.41) is 16.9. The smallest absolute Gasteiger partial charge is 0.354 e. The molecule has 2 heterocycles. The van der Waals surface area contributed by atoms with Gasteiger partial charge in [-0.25, -0.2) is 19.2 Å². The number of hydrogen-bond donors (Lipinski definition) is 4. The van der Waals surface area contributed by atoms with Crippen LogP contribution in [0.15, 0.2) is 33.9 Å². The van der Waals surface area contributed by atoms with Crippen LogP contribution < -0.4 is 10.9 Å². The van der Waals surface area contributed by atoms with E-state index in [2.05, 4.69) is 9.97 Å². The molecule has 0 bridgehead atoms. The summed E-state index contributed by atoms with van der Waals surface area (Å²) >= 11 is 0. The van der Waals surface area contributed by atoms with Gasteiger partial charge in [-0.2, -0.15) is 0 Å². The zero-order valence-electron chi connectivity index (χ0n) is 15.9. The number of aromatic carboxylic acids is 2. The highest BCUT2D eigenvalue weighted by Gasteiger charge is 2.14. The van der Waals surface area contributed by atoms with Crippen LogP contribution in [0.25, 0.3) is 0 Å². The van der Waals surface area contributed by atoms with Gasteiger partial charge in [0.25, 0.3) is 0 Å². The van der Waals surface area contributed by atoms with Gasteiger partial charge in [0.05, 0.1) is 13.2 Å². The number of hydrogen-bond acceptors (Lipinski definition) is 8. The Labute approximate surface area is 168 Å². The largest absolute Gasteiger partial charge is 0.477 e. The second kappa shape index (κ2) is 10.9. The van der Waals surface area contributed by atoms with Crippen LogP contribution in [0.4, 0.5) is 0 Å². The third-order valence-corrected chi connectivity index (χ3v) is 3.14. The summed E-state index contributed by atoms with van der Waals surface area (Å²) in [7, 11) is 0. The molecule has 0 fully saturated rings. The number of pyridine rings is 2. The molecule has 0 aliphatic carbocycles. The van der Waals surface area contributed by atoms with Crippen molar-refractivity contribution in [3.8, 4) is 0 Å². The maximum absolute atomic E-state index is 11.4. The molecule has 12 nitrogen and oxygen atoms in total. The fraction of sp³-hybridized carbons (Fsp3) is 0.222. The summed E-state index contributed by atoms with van der Waals surface area (Å²) in [6.45, 7) is 3.66. The quantitative estimate of drug-likeness (QED) is 0.476. The van der Waals surface area contributed by atoms with Gasteiger partial charge in [0.1, 0.15) is 22.8 Å². The number of rotatable bonds is 6. The van der Waals surface area contributed by atoms with Gasteiger partial charge >= 0.3 is 23.9 Å². The topological polar surface area (TPSA) is 193 Å². The standard InChI is InChI=1S/C11H13NO5.C7H5NO5/c1-3-16-10(14)8-5-7(13)6-9(12-8)11(15)17-4-2;9-3-1-4(6(10)11)8-5(2-3)7(12)13/h5-6H,3-4H2,1-2H3,(H,12,13);1-2H,(H,8,9)(H,10,11)(H,12,13). The van der Waals surface area contributed by atoms with Gasteiger partial charge in [0.15, 0.2) is 10.9 Å². The summed E-state index contributed by atoms with van der Waals surface area (Å²) in [4.78, 5) is 70.2. The van der Waals surface area contributed by atoms with Crippen molar-refractivity contribution in [1.29, 1.82) is 0 Å². The van der Waals surface area contributed by atoms with Crippen molar-refractivity contribution >= 4 is 23.9 Å². The van der Waals surface area contributed by atoms with Crippen LogP contribution in [0.1, 0.15) is 55.8 Å². The molecule has 4 N–H and O–H groups in total. The van der Waals surface area contributed by atoms with Gasteiger partial charge in [0, 0.05) is 24.3 Å². The minimum Gasteiger partial charge on any atom is -0.477 e. The van der Waals surface area contributed by atoms with E-state index >= 15 is 0 Å². The predicted octanol–water partition coefficient (Wildman–Crippen LogP) is 0.500. The lowest BCUT2D eigenvalue weighted by molar-refractivity contribution is 0.0509. The molecule has 0 saturated heterocycles. The zero-order chi connectivity index (χ0) is 22.8. The molecule has 0 saturated carbocycles. The molecule has 0 amide bonds. The molecule has 0 unspecified atom stereocenters. The average Bonchev–Trinajstić information content (AvgIpc) is 2.67. The first-order valence-corrected chi connectivity index (χ1v) is 8.38. The molecule has 12 heteroatoms. The van der Waals surface area contributed by atoms with Crippen molar-refractivity contribution in [2.45, 2.75) is 13.8 Å². The summed E-state index contributed by atoms with van der Waals surface area (Å²) in [5.74, 6) is -4.12. The first kappa shape index (κ1) is 23.8. The Kier molecular flexibility index (Phi) is 8.69. The van der Waals surface area contributed by atoms with Crippen LogP contribution in [-0.2, 0) is 9.47 Å². The van der Waals surface area contributed by atoms with E-state index in [1.807, 2.05) is 0 Å². The molecule has 0 aliphatic rings. The van der Waals surface area contributed by atoms with Crippen molar-refractivity contribution < 1.29 is 38.9 Å². The Morgan fingerprint density at radius 3 is 1.30 bits per heavy atom. The van der Waals surface area contributed by atoms with E-state index in [9.17, 15) is 28.8 Å². The van der Waals surface area contributed by atoms with Crippen LogP contribution in [0.5, 0.6) is 0 Å². The zero-order valence-corrected chi connectivity index (χ0v) is 15.9. The highest BCUT2D eigenvalue weighted by atomic mass is 16.5. The van der Waals surface area contributed by atoms with Gasteiger partial charge in [-0.1, -0.05) is 0 Å². The van der Waals surface area contributed by atoms with Crippen LogP contribution in [0.3, 0.4) is 0 Å². The molecule has 160 valence electrons. The first-order valence-electron chi connectivity index (χ1n) is 8.38. The molecule has 30 heavy (non-hydrogen) atoms.